The molecule has 1 saturated carbocycles. The zero-order valence-corrected chi connectivity index (χ0v) is 9.76. The van der Waals surface area contributed by atoms with Gasteiger partial charge in [-0.3, -0.25) is 0 Å². The Kier molecular flexibility index (Phi) is 2.48. The molecule has 0 nitrogen and oxygen atoms in total. The number of halogens is 1. The van der Waals surface area contributed by atoms with Crippen molar-refractivity contribution in [2.24, 2.45) is 5.92 Å². The largest absolute Gasteiger partial charge is 0.118 e. The Balaban J connectivity index is 1.78. The lowest BCUT2D eigenvalue weighted by Gasteiger charge is -2.10. The van der Waals surface area contributed by atoms with Crippen LogP contribution in [0.15, 0.2) is 18.2 Å². The first-order valence-electron chi connectivity index (χ1n) is 6.09. The van der Waals surface area contributed by atoms with Crippen molar-refractivity contribution in [3.8, 4) is 0 Å². The van der Waals surface area contributed by atoms with Crippen molar-refractivity contribution in [2.45, 2.75) is 43.9 Å². The first kappa shape index (κ1) is 9.72. The van der Waals surface area contributed by atoms with Gasteiger partial charge in [-0.2, -0.15) is 0 Å². The fourth-order valence-corrected chi connectivity index (χ4v) is 2.96. The molecule has 1 aromatic carbocycles. The lowest BCUT2D eigenvalue weighted by molar-refractivity contribution is 0.706. The quantitative estimate of drug-likeness (QED) is 0.668. The number of aryl methyl sites for hydroxylation is 2. The minimum atomic E-state index is 0.253. The van der Waals surface area contributed by atoms with Crippen molar-refractivity contribution in [3.05, 3.63) is 34.9 Å². The van der Waals surface area contributed by atoms with E-state index in [2.05, 4.69) is 18.2 Å². The van der Waals surface area contributed by atoms with Gasteiger partial charge in [0, 0.05) is 0 Å². The van der Waals surface area contributed by atoms with Crippen molar-refractivity contribution in [3.63, 3.8) is 0 Å². The first-order chi connectivity index (χ1) is 7.33. The minimum absolute atomic E-state index is 0.253. The third kappa shape index (κ3) is 2.06. The molecule has 0 N–H and O–H groups in total. The third-order valence-corrected chi connectivity index (χ3v) is 4.15. The molecule has 0 heterocycles. The number of rotatable bonds is 3. The standard InChI is InChI=1S/C14H17Cl/c15-14(8-10-4-5-10)13-7-6-11-2-1-3-12(11)9-13/h6-7,9-10,14H,1-5,8H2. The van der Waals surface area contributed by atoms with Crippen LogP contribution in [0.5, 0.6) is 0 Å². The Hall–Kier alpha value is -0.490. The van der Waals surface area contributed by atoms with Gasteiger partial charge in [0.2, 0.25) is 0 Å². The maximum atomic E-state index is 6.44. The Bertz CT molecular complexity index is 366. The van der Waals surface area contributed by atoms with E-state index >= 15 is 0 Å². The summed E-state index contributed by atoms with van der Waals surface area (Å²) < 4.78 is 0. The number of hydrogen-bond donors (Lipinski definition) is 0. The average molecular weight is 221 g/mol. The highest BCUT2D eigenvalue weighted by molar-refractivity contribution is 6.20. The summed E-state index contributed by atoms with van der Waals surface area (Å²) in [5.74, 6) is 0.917. The van der Waals surface area contributed by atoms with E-state index in [0.29, 0.717) is 0 Å². The molecule has 1 atom stereocenters. The molecular weight excluding hydrogens is 204 g/mol. The molecule has 0 saturated heterocycles. The maximum absolute atomic E-state index is 6.44. The molecule has 0 aromatic heterocycles. The zero-order chi connectivity index (χ0) is 10.3. The predicted molar refractivity (Wildman–Crippen MR) is 64.4 cm³/mol. The van der Waals surface area contributed by atoms with Crippen LogP contribution in [0.4, 0.5) is 0 Å². The Morgan fingerprint density at radius 1 is 1.20 bits per heavy atom. The smallest absolute Gasteiger partial charge is 0.0588 e. The van der Waals surface area contributed by atoms with Crippen molar-refractivity contribution in [1.29, 1.82) is 0 Å². The molecular formula is C14H17Cl. The van der Waals surface area contributed by atoms with Gasteiger partial charge in [-0.25, -0.2) is 0 Å². The van der Waals surface area contributed by atoms with Crippen LogP contribution in [0.3, 0.4) is 0 Å². The molecule has 2 aliphatic carbocycles. The molecule has 0 bridgehead atoms. The molecule has 15 heavy (non-hydrogen) atoms. The molecule has 0 radical (unpaired) electrons. The molecule has 3 rings (SSSR count). The van der Waals surface area contributed by atoms with Gasteiger partial charge < -0.3 is 0 Å². The maximum Gasteiger partial charge on any atom is 0.0588 e. The summed E-state index contributed by atoms with van der Waals surface area (Å²) >= 11 is 6.44. The number of alkyl halides is 1. The summed E-state index contributed by atoms with van der Waals surface area (Å²) in [7, 11) is 0. The second-order valence-corrected chi connectivity index (χ2v) is 5.56. The average Bonchev–Trinajstić information content (AvgIpc) is 2.94. The predicted octanol–water partition coefficient (Wildman–Crippen LogP) is 4.26. The van der Waals surface area contributed by atoms with Crippen LogP contribution in [-0.4, -0.2) is 0 Å². The summed E-state index contributed by atoms with van der Waals surface area (Å²) in [5.41, 5.74) is 4.45. The van der Waals surface area contributed by atoms with Crippen LogP contribution in [0.25, 0.3) is 0 Å². The van der Waals surface area contributed by atoms with Gasteiger partial charge in [0.25, 0.3) is 0 Å². The molecule has 0 spiro atoms. The van der Waals surface area contributed by atoms with Crippen LogP contribution < -0.4 is 0 Å². The number of benzene rings is 1. The van der Waals surface area contributed by atoms with Gasteiger partial charge in [0.15, 0.2) is 0 Å². The fraction of sp³-hybridized carbons (Fsp3) is 0.571. The summed E-state index contributed by atoms with van der Waals surface area (Å²) in [4.78, 5) is 0. The van der Waals surface area contributed by atoms with E-state index in [1.165, 1.54) is 44.1 Å². The van der Waals surface area contributed by atoms with Crippen LogP contribution in [0, 0.1) is 5.92 Å². The number of fused-ring (bicyclic) bond motifs is 1. The van der Waals surface area contributed by atoms with Gasteiger partial charge in [-0.1, -0.05) is 31.0 Å². The third-order valence-electron chi connectivity index (χ3n) is 3.72. The van der Waals surface area contributed by atoms with E-state index in [1.807, 2.05) is 0 Å². The highest BCUT2D eigenvalue weighted by Crippen LogP contribution is 2.41. The molecule has 80 valence electrons. The van der Waals surface area contributed by atoms with E-state index in [1.54, 1.807) is 11.1 Å². The lowest BCUT2D eigenvalue weighted by Crippen LogP contribution is -1.94. The normalized spacial score (nSPS) is 21.4. The Labute approximate surface area is 96.6 Å². The van der Waals surface area contributed by atoms with Crippen LogP contribution in [0.2, 0.25) is 0 Å². The van der Waals surface area contributed by atoms with Gasteiger partial charge >= 0.3 is 0 Å². The van der Waals surface area contributed by atoms with Gasteiger partial charge in [-0.15, -0.1) is 11.6 Å². The van der Waals surface area contributed by atoms with Crippen LogP contribution in [0.1, 0.15) is 47.8 Å². The van der Waals surface area contributed by atoms with E-state index in [4.69, 9.17) is 11.6 Å². The number of hydrogen-bond acceptors (Lipinski definition) is 0. The second-order valence-electron chi connectivity index (χ2n) is 5.03. The Morgan fingerprint density at radius 3 is 2.80 bits per heavy atom. The Morgan fingerprint density at radius 2 is 2.00 bits per heavy atom. The molecule has 0 aliphatic heterocycles. The van der Waals surface area contributed by atoms with E-state index < -0.39 is 0 Å². The summed E-state index contributed by atoms with van der Waals surface area (Å²) in [6.45, 7) is 0. The van der Waals surface area contributed by atoms with Crippen molar-refractivity contribution < 1.29 is 0 Å². The molecule has 1 heteroatoms. The fourth-order valence-electron chi connectivity index (χ4n) is 2.57. The summed E-state index contributed by atoms with van der Waals surface area (Å²) in [5, 5.41) is 0.253. The van der Waals surface area contributed by atoms with Gasteiger partial charge in [-0.05, 0) is 48.3 Å². The minimum Gasteiger partial charge on any atom is -0.118 e. The molecule has 1 unspecified atom stereocenters. The molecule has 1 fully saturated rings. The lowest BCUT2D eigenvalue weighted by atomic mass is 10.0. The molecule has 2 aliphatic rings. The topological polar surface area (TPSA) is 0 Å². The second kappa shape index (κ2) is 3.83. The van der Waals surface area contributed by atoms with Crippen LogP contribution >= 0.6 is 11.6 Å². The molecule has 1 aromatic rings. The van der Waals surface area contributed by atoms with Crippen molar-refractivity contribution in [2.75, 3.05) is 0 Å². The van der Waals surface area contributed by atoms with E-state index in [-0.39, 0.29) is 5.38 Å². The highest BCUT2D eigenvalue weighted by Gasteiger charge is 2.25. The van der Waals surface area contributed by atoms with E-state index in [0.717, 1.165) is 5.92 Å². The van der Waals surface area contributed by atoms with Gasteiger partial charge in [0.1, 0.15) is 0 Å². The highest BCUT2D eigenvalue weighted by atomic mass is 35.5. The monoisotopic (exact) mass is 220 g/mol. The van der Waals surface area contributed by atoms with E-state index in [9.17, 15) is 0 Å². The first-order valence-corrected chi connectivity index (χ1v) is 6.52. The zero-order valence-electron chi connectivity index (χ0n) is 9.01. The summed E-state index contributed by atoms with van der Waals surface area (Å²) in [6, 6.07) is 6.88. The molecule has 0 amide bonds. The van der Waals surface area contributed by atoms with Crippen molar-refractivity contribution >= 4 is 11.6 Å². The SMILES string of the molecule is ClC(CC1CC1)c1ccc2c(c1)CCC2. The van der Waals surface area contributed by atoms with Gasteiger partial charge in [0.05, 0.1) is 5.38 Å². The summed E-state index contributed by atoms with van der Waals surface area (Å²) in [6.07, 6.45) is 7.83. The van der Waals surface area contributed by atoms with Crippen LogP contribution in [-0.2, 0) is 12.8 Å². The van der Waals surface area contributed by atoms with Crippen molar-refractivity contribution in [1.82, 2.24) is 0 Å².